The minimum absolute atomic E-state index is 0.0692. The summed E-state index contributed by atoms with van der Waals surface area (Å²) >= 11 is 0. The molecule has 5 rings (SSSR count). The van der Waals surface area contributed by atoms with Crippen LogP contribution in [0.1, 0.15) is 58.9 Å². The molecule has 0 bridgehead atoms. The quantitative estimate of drug-likeness (QED) is 0.593. The van der Waals surface area contributed by atoms with Crippen molar-refractivity contribution in [2.24, 2.45) is 0 Å². The highest BCUT2D eigenvalue weighted by Crippen LogP contribution is 2.38. The molecule has 11 heteroatoms. The van der Waals surface area contributed by atoms with Crippen LogP contribution in [0.25, 0.3) is 6.08 Å². The van der Waals surface area contributed by atoms with Crippen LogP contribution in [0.3, 0.4) is 0 Å². The molecule has 3 heterocycles. The highest BCUT2D eigenvalue weighted by atomic mass is 32.2. The highest BCUT2D eigenvalue weighted by molar-refractivity contribution is 7.96. The summed E-state index contributed by atoms with van der Waals surface area (Å²) in [7, 11) is -3.59. The lowest BCUT2D eigenvalue weighted by Gasteiger charge is -2.36. The number of anilines is 4. The first-order valence-electron chi connectivity index (χ1n) is 13.2. The molecule has 38 heavy (non-hydrogen) atoms. The van der Waals surface area contributed by atoms with E-state index in [2.05, 4.69) is 20.2 Å². The molecule has 2 aromatic rings. The predicted octanol–water partition coefficient (Wildman–Crippen LogP) is 4.73. The summed E-state index contributed by atoms with van der Waals surface area (Å²) in [5, 5.41) is 3.23. The molecule has 0 atom stereocenters. The van der Waals surface area contributed by atoms with Gasteiger partial charge in [0.1, 0.15) is 5.60 Å². The van der Waals surface area contributed by atoms with E-state index < -0.39 is 15.6 Å². The van der Waals surface area contributed by atoms with E-state index in [0.717, 1.165) is 55.7 Å². The molecule has 204 valence electrons. The standard InChI is InChI=1S/C27H36N6O4S/c1-19-17-20-18-28-25(30-24(20)33(38(19,35)36)23-7-5-6-8-23)29-21-9-11-22(12-10-21)31-13-15-32(16-14-31)26(34)37-27(2,3)4/h9-12,17-18,23H,5-8,13-16H2,1-4H3,(H,28,29,30). The number of rotatable bonds is 4. The van der Waals surface area contributed by atoms with Crippen molar-refractivity contribution in [1.29, 1.82) is 0 Å². The number of aromatic nitrogens is 2. The Bertz CT molecular complexity index is 1320. The number of hydrogen-bond donors (Lipinski definition) is 1. The van der Waals surface area contributed by atoms with Crippen LogP contribution in [0.2, 0.25) is 0 Å². The third-order valence-corrected chi connectivity index (χ3v) is 9.03. The van der Waals surface area contributed by atoms with Gasteiger partial charge in [-0.1, -0.05) is 12.8 Å². The summed E-state index contributed by atoms with van der Waals surface area (Å²) in [6.07, 6.45) is 6.78. The van der Waals surface area contributed by atoms with Crippen molar-refractivity contribution >= 4 is 45.3 Å². The van der Waals surface area contributed by atoms with E-state index in [-0.39, 0.29) is 12.1 Å². The van der Waals surface area contributed by atoms with Crippen LogP contribution >= 0.6 is 0 Å². The van der Waals surface area contributed by atoms with Crippen molar-refractivity contribution in [2.75, 3.05) is 40.7 Å². The molecule has 2 fully saturated rings. The number of nitrogens with zero attached hydrogens (tertiary/aromatic N) is 5. The van der Waals surface area contributed by atoms with Gasteiger partial charge in [-0.15, -0.1) is 0 Å². The van der Waals surface area contributed by atoms with Gasteiger partial charge >= 0.3 is 6.09 Å². The zero-order valence-electron chi connectivity index (χ0n) is 22.5. The molecule has 0 spiro atoms. The fourth-order valence-electron chi connectivity index (χ4n) is 5.15. The Morgan fingerprint density at radius 3 is 2.34 bits per heavy atom. The van der Waals surface area contributed by atoms with Crippen molar-refractivity contribution in [2.45, 2.75) is 65.0 Å². The Labute approximate surface area is 224 Å². The number of amides is 1. The fraction of sp³-hybridized carbons (Fsp3) is 0.519. The van der Waals surface area contributed by atoms with Crippen molar-refractivity contribution in [3.8, 4) is 0 Å². The second kappa shape index (κ2) is 10.1. The summed E-state index contributed by atoms with van der Waals surface area (Å²) in [6, 6.07) is 7.87. The smallest absolute Gasteiger partial charge is 0.410 e. The van der Waals surface area contributed by atoms with E-state index in [4.69, 9.17) is 4.74 Å². The second-order valence-corrected chi connectivity index (χ2v) is 13.1. The Kier molecular flexibility index (Phi) is 6.97. The van der Waals surface area contributed by atoms with E-state index in [1.165, 1.54) is 4.31 Å². The molecule has 2 aliphatic heterocycles. The molecule has 1 saturated carbocycles. The first kappa shape index (κ1) is 26.3. The molecule has 0 unspecified atom stereocenters. The van der Waals surface area contributed by atoms with Gasteiger partial charge in [-0.25, -0.2) is 22.5 Å². The van der Waals surface area contributed by atoms with Gasteiger partial charge in [0, 0.05) is 55.4 Å². The molecular formula is C27H36N6O4S. The zero-order valence-corrected chi connectivity index (χ0v) is 23.3. The van der Waals surface area contributed by atoms with Crippen molar-refractivity contribution < 1.29 is 17.9 Å². The molecule has 1 aromatic heterocycles. The van der Waals surface area contributed by atoms with Gasteiger partial charge in [0.25, 0.3) is 10.0 Å². The van der Waals surface area contributed by atoms with E-state index in [0.29, 0.717) is 29.8 Å². The summed E-state index contributed by atoms with van der Waals surface area (Å²) in [5.74, 6) is 0.799. The first-order chi connectivity index (χ1) is 18.0. The molecule has 3 aliphatic rings. The largest absolute Gasteiger partial charge is 0.444 e. The van der Waals surface area contributed by atoms with Gasteiger partial charge in [0.15, 0.2) is 5.82 Å². The Morgan fingerprint density at radius 2 is 1.71 bits per heavy atom. The predicted molar refractivity (Wildman–Crippen MR) is 149 cm³/mol. The maximum Gasteiger partial charge on any atom is 0.410 e. The zero-order chi connectivity index (χ0) is 27.1. The van der Waals surface area contributed by atoms with E-state index in [1.54, 1.807) is 24.1 Å². The van der Waals surface area contributed by atoms with Gasteiger partial charge in [0.2, 0.25) is 5.95 Å². The Hall–Kier alpha value is -3.34. The van der Waals surface area contributed by atoms with Gasteiger partial charge in [-0.3, -0.25) is 0 Å². The maximum atomic E-state index is 13.2. The fourth-order valence-corrected chi connectivity index (χ4v) is 6.71. The Morgan fingerprint density at radius 1 is 1.05 bits per heavy atom. The lowest BCUT2D eigenvalue weighted by molar-refractivity contribution is 0.0240. The molecule has 1 amide bonds. The average molecular weight is 541 g/mol. The number of piperazine rings is 1. The monoisotopic (exact) mass is 540 g/mol. The molecule has 10 nitrogen and oxygen atoms in total. The highest BCUT2D eigenvalue weighted by Gasteiger charge is 2.38. The van der Waals surface area contributed by atoms with Crippen LogP contribution < -0.4 is 14.5 Å². The second-order valence-electron chi connectivity index (χ2n) is 11.1. The van der Waals surface area contributed by atoms with Crippen LogP contribution in [0.15, 0.2) is 35.4 Å². The SMILES string of the molecule is CC1=Cc2cnc(Nc3ccc(N4CCN(C(=O)OC(C)(C)C)CC4)cc3)nc2N(C2CCCC2)S1(=O)=O. The average Bonchev–Trinajstić information content (AvgIpc) is 3.39. The van der Waals surface area contributed by atoms with Gasteiger partial charge in [-0.05, 0) is 70.9 Å². The van der Waals surface area contributed by atoms with Gasteiger partial charge in [-0.2, -0.15) is 4.98 Å². The molecule has 1 aliphatic carbocycles. The van der Waals surface area contributed by atoms with Gasteiger partial charge < -0.3 is 19.9 Å². The molecule has 1 N–H and O–H groups in total. The number of nitrogens with one attached hydrogen (secondary N) is 1. The van der Waals surface area contributed by atoms with E-state index in [9.17, 15) is 13.2 Å². The van der Waals surface area contributed by atoms with Crippen molar-refractivity contribution in [3.63, 3.8) is 0 Å². The topological polar surface area (TPSA) is 108 Å². The van der Waals surface area contributed by atoms with Crippen molar-refractivity contribution in [1.82, 2.24) is 14.9 Å². The molecule has 1 saturated heterocycles. The number of fused-ring (bicyclic) bond motifs is 1. The number of ether oxygens (including phenoxy) is 1. The van der Waals surface area contributed by atoms with E-state index in [1.807, 2.05) is 45.0 Å². The van der Waals surface area contributed by atoms with Gasteiger partial charge in [0.05, 0.1) is 4.91 Å². The lowest BCUT2D eigenvalue weighted by atomic mass is 10.2. The maximum absolute atomic E-state index is 13.2. The van der Waals surface area contributed by atoms with Crippen molar-refractivity contribution in [3.05, 3.63) is 40.9 Å². The minimum atomic E-state index is -3.59. The number of carbonyl (C=O) groups excluding carboxylic acids is 1. The third-order valence-electron chi connectivity index (χ3n) is 7.11. The number of sulfonamides is 1. The summed E-state index contributed by atoms with van der Waals surface area (Å²) in [6.45, 7) is 9.90. The van der Waals surface area contributed by atoms with Crippen LogP contribution in [-0.4, -0.2) is 67.2 Å². The minimum Gasteiger partial charge on any atom is -0.444 e. The first-order valence-corrected chi connectivity index (χ1v) is 14.6. The third kappa shape index (κ3) is 5.43. The normalized spacial score (nSPS) is 19.7. The van der Waals surface area contributed by atoms with Crippen LogP contribution in [0.4, 0.5) is 27.9 Å². The number of hydrogen-bond acceptors (Lipinski definition) is 8. The van der Waals surface area contributed by atoms with Crippen LogP contribution in [0, 0.1) is 0 Å². The number of benzene rings is 1. The molecule has 0 radical (unpaired) electrons. The summed E-state index contributed by atoms with van der Waals surface area (Å²) in [4.78, 5) is 25.7. The Balaban J connectivity index is 1.26. The molecular weight excluding hydrogens is 504 g/mol. The molecule has 1 aromatic carbocycles. The van der Waals surface area contributed by atoms with Crippen LogP contribution in [0.5, 0.6) is 0 Å². The number of allylic oxidation sites excluding steroid dienone is 1. The summed E-state index contributed by atoms with van der Waals surface area (Å²) in [5.41, 5.74) is 2.08. The van der Waals surface area contributed by atoms with E-state index >= 15 is 0 Å². The van der Waals surface area contributed by atoms with Crippen LogP contribution in [-0.2, 0) is 14.8 Å². The lowest BCUT2D eigenvalue weighted by Crippen LogP contribution is -2.50. The summed E-state index contributed by atoms with van der Waals surface area (Å²) < 4.78 is 33.4. The number of carbonyl (C=O) groups is 1.